The molecule has 3 rings (SSSR count). The van der Waals surface area contributed by atoms with E-state index in [1.165, 1.54) is 0 Å². The number of ether oxygens (including phenoxy) is 1. The lowest BCUT2D eigenvalue weighted by Gasteiger charge is -2.14. The first-order chi connectivity index (χ1) is 12.7. The molecule has 0 spiro atoms. The maximum Gasteiger partial charge on any atom is 0.315 e. The summed E-state index contributed by atoms with van der Waals surface area (Å²) in [6, 6.07) is 17.7. The molecule has 1 unspecified atom stereocenters. The summed E-state index contributed by atoms with van der Waals surface area (Å²) in [5.74, 6) is 0.240. The van der Waals surface area contributed by atoms with Crippen LogP contribution in [0, 0.1) is 5.92 Å². The highest BCUT2D eigenvalue weighted by atomic mass is 16.5. The Bertz CT molecular complexity index is 829. The molecular weight excluding hydrogens is 328 g/mol. The van der Waals surface area contributed by atoms with E-state index in [0.29, 0.717) is 26.3 Å². The maximum atomic E-state index is 11.9. The molecule has 1 heterocycles. The quantitative estimate of drug-likeness (QED) is 0.642. The summed E-state index contributed by atoms with van der Waals surface area (Å²) in [5.41, 5.74) is 2.98. The van der Waals surface area contributed by atoms with Crippen LogP contribution in [0.15, 0.2) is 65.3 Å². The molecule has 0 radical (unpaired) electrons. The van der Waals surface area contributed by atoms with Crippen molar-refractivity contribution in [2.45, 2.75) is 20.1 Å². The number of carbonyl (C=O) groups excluding carboxylic acids is 1. The van der Waals surface area contributed by atoms with Crippen LogP contribution in [0.3, 0.4) is 0 Å². The molecule has 0 bridgehead atoms. The zero-order chi connectivity index (χ0) is 18.2. The monoisotopic (exact) mass is 352 g/mol. The van der Waals surface area contributed by atoms with Crippen LogP contribution < -0.4 is 10.6 Å². The second kappa shape index (κ2) is 9.06. The van der Waals surface area contributed by atoms with Gasteiger partial charge in [0.25, 0.3) is 0 Å². The average Bonchev–Trinajstić information content (AvgIpc) is 3.13. The molecule has 5 nitrogen and oxygen atoms in total. The molecule has 1 aromatic heterocycles. The van der Waals surface area contributed by atoms with Gasteiger partial charge >= 0.3 is 6.03 Å². The summed E-state index contributed by atoms with van der Waals surface area (Å²) in [5, 5.41) is 6.80. The molecular formula is C21H24N2O3. The van der Waals surface area contributed by atoms with Gasteiger partial charge in [0.2, 0.25) is 0 Å². The second-order valence-corrected chi connectivity index (χ2v) is 6.46. The number of urea groups is 1. The summed E-state index contributed by atoms with van der Waals surface area (Å²) < 4.78 is 11.1. The van der Waals surface area contributed by atoms with Gasteiger partial charge in [-0.25, -0.2) is 4.79 Å². The van der Waals surface area contributed by atoms with E-state index in [0.717, 1.165) is 22.1 Å². The molecule has 0 saturated carbocycles. The molecule has 0 aliphatic heterocycles. The van der Waals surface area contributed by atoms with Gasteiger partial charge in [0.05, 0.1) is 19.5 Å². The van der Waals surface area contributed by atoms with E-state index in [1.807, 2.05) is 54.6 Å². The molecule has 3 aromatic rings. The number of benzene rings is 2. The molecule has 5 heteroatoms. The van der Waals surface area contributed by atoms with Gasteiger partial charge in [0, 0.05) is 18.5 Å². The van der Waals surface area contributed by atoms with E-state index in [9.17, 15) is 4.79 Å². The number of nitrogens with one attached hydrogen (secondary N) is 2. The minimum atomic E-state index is -0.181. The Balaban J connectivity index is 1.32. The van der Waals surface area contributed by atoms with E-state index in [-0.39, 0.29) is 11.9 Å². The van der Waals surface area contributed by atoms with Crippen molar-refractivity contribution in [3.05, 3.63) is 72.0 Å². The summed E-state index contributed by atoms with van der Waals surface area (Å²) in [6.07, 6.45) is 1.66. The molecule has 136 valence electrons. The SMILES string of the molecule is CC(CNC(=O)NCc1ccc2ccoc2c1)COCc1ccccc1. The summed E-state index contributed by atoms with van der Waals surface area (Å²) in [6.45, 7) is 4.27. The average molecular weight is 352 g/mol. The van der Waals surface area contributed by atoms with Crippen LogP contribution in [0.4, 0.5) is 4.79 Å². The molecule has 0 aliphatic rings. The minimum Gasteiger partial charge on any atom is -0.464 e. The fourth-order valence-electron chi connectivity index (χ4n) is 2.63. The zero-order valence-corrected chi connectivity index (χ0v) is 14.9. The first-order valence-electron chi connectivity index (χ1n) is 8.80. The Labute approximate surface area is 153 Å². The fourth-order valence-corrected chi connectivity index (χ4v) is 2.63. The van der Waals surface area contributed by atoms with Gasteiger partial charge in [0.1, 0.15) is 5.58 Å². The van der Waals surface area contributed by atoms with Crippen LogP contribution >= 0.6 is 0 Å². The van der Waals surface area contributed by atoms with Crippen LogP contribution in [-0.4, -0.2) is 19.2 Å². The van der Waals surface area contributed by atoms with Crippen LogP contribution in [0.1, 0.15) is 18.1 Å². The molecule has 2 N–H and O–H groups in total. The number of hydrogen-bond acceptors (Lipinski definition) is 3. The Morgan fingerprint density at radius 1 is 1.08 bits per heavy atom. The molecule has 2 aromatic carbocycles. The highest BCUT2D eigenvalue weighted by molar-refractivity contribution is 5.78. The topological polar surface area (TPSA) is 63.5 Å². The lowest BCUT2D eigenvalue weighted by atomic mass is 10.2. The van der Waals surface area contributed by atoms with Crippen molar-refractivity contribution in [3.63, 3.8) is 0 Å². The zero-order valence-electron chi connectivity index (χ0n) is 14.9. The van der Waals surface area contributed by atoms with Crippen molar-refractivity contribution in [1.29, 1.82) is 0 Å². The highest BCUT2D eigenvalue weighted by Crippen LogP contribution is 2.16. The van der Waals surface area contributed by atoms with Crippen LogP contribution in [0.5, 0.6) is 0 Å². The predicted molar refractivity (Wildman–Crippen MR) is 102 cm³/mol. The van der Waals surface area contributed by atoms with Crippen molar-refractivity contribution in [2.75, 3.05) is 13.2 Å². The third-order valence-electron chi connectivity index (χ3n) is 4.10. The molecule has 0 saturated heterocycles. The van der Waals surface area contributed by atoms with Crippen molar-refractivity contribution in [3.8, 4) is 0 Å². The van der Waals surface area contributed by atoms with Crippen molar-refractivity contribution < 1.29 is 13.9 Å². The number of rotatable bonds is 8. The normalized spacial score (nSPS) is 12.0. The second-order valence-electron chi connectivity index (χ2n) is 6.46. The van der Waals surface area contributed by atoms with Crippen LogP contribution in [0.25, 0.3) is 11.0 Å². The van der Waals surface area contributed by atoms with Gasteiger partial charge < -0.3 is 19.8 Å². The predicted octanol–water partition coefficient (Wildman–Crippen LogP) is 4.08. The van der Waals surface area contributed by atoms with Gasteiger partial charge in [-0.15, -0.1) is 0 Å². The van der Waals surface area contributed by atoms with Gasteiger partial charge in [0.15, 0.2) is 0 Å². The smallest absolute Gasteiger partial charge is 0.315 e. The number of carbonyl (C=O) groups is 1. The van der Waals surface area contributed by atoms with E-state index >= 15 is 0 Å². The van der Waals surface area contributed by atoms with E-state index in [1.54, 1.807) is 6.26 Å². The molecule has 0 fully saturated rings. The van der Waals surface area contributed by atoms with Gasteiger partial charge in [-0.3, -0.25) is 0 Å². The van der Waals surface area contributed by atoms with Crippen LogP contribution in [-0.2, 0) is 17.9 Å². The van der Waals surface area contributed by atoms with E-state index < -0.39 is 0 Å². The number of furan rings is 1. The Morgan fingerprint density at radius 2 is 1.92 bits per heavy atom. The van der Waals surface area contributed by atoms with E-state index in [2.05, 4.69) is 17.6 Å². The Morgan fingerprint density at radius 3 is 2.77 bits per heavy atom. The first-order valence-corrected chi connectivity index (χ1v) is 8.80. The third-order valence-corrected chi connectivity index (χ3v) is 4.10. The third kappa shape index (κ3) is 5.36. The first kappa shape index (κ1) is 18.0. The minimum absolute atomic E-state index is 0.181. The summed E-state index contributed by atoms with van der Waals surface area (Å²) in [7, 11) is 0. The molecule has 1 atom stereocenters. The number of fused-ring (bicyclic) bond motifs is 1. The van der Waals surface area contributed by atoms with Crippen molar-refractivity contribution in [1.82, 2.24) is 10.6 Å². The van der Waals surface area contributed by atoms with E-state index in [4.69, 9.17) is 9.15 Å². The standard InChI is InChI=1S/C21H24N2O3/c1-16(14-25-15-17-5-3-2-4-6-17)12-22-21(24)23-13-18-7-8-19-9-10-26-20(19)11-18/h2-11,16H,12-15H2,1H3,(H2,22,23,24). The highest BCUT2D eigenvalue weighted by Gasteiger charge is 2.06. The number of amides is 2. The lowest BCUT2D eigenvalue weighted by molar-refractivity contribution is 0.0924. The fraction of sp³-hybridized carbons (Fsp3) is 0.286. The van der Waals surface area contributed by atoms with Crippen molar-refractivity contribution >= 4 is 17.0 Å². The molecule has 2 amide bonds. The van der Waals surface area contributed by atoms with Gasteiger partial charge in [-0.05, 0) is 29.2 Å². The van der Waals surface area contributed by atoms with Gasteiger partial charge in [-0.2, -0.15) is 0 Å². The summed E-state index contributed by atoms with van der Waals surface area (Å²) in [4.78, 5) is 11.9. The molecule has 0 aliphatic carbocycles. The van der Waals surface area contributed by atoms with Gasteiger partial charge in [-0.1, -0.05) is 49.4 Å². The Kier molecular flexibility index (Phi) is 6.28. The lowest BCUT2D eigenvalue weighted by Crippen LogP contribution is -2.38. The number of hydrogen-bond donors (Lipinski definition) is 2. The largest absolute Gasteiger partial charge is 0.464 e. The van der Waals surface area contributed by atoms with Crippen LogP contribution in [0.2, 0.25) is 0 Å². The maximum absolute atomic E-state index is 11.9. The molecule has 26 heavy (non-hydrogen) atoms. The van der Waals surface area contributed by atoms with Crippen molar-refractivity contribution in [2.24, 2.45) is 5.92 Å². The summed E-state index contributed by atoms with van der Waals surface area (Å²) >= 11 is 0. The Hall–Kier alpha value is -2.79.